The highest BCUT2D eigenvalue weighted by Crippen LogP contribution is 2.39. The summed E-state index contributed by atoms with van der Waals surface area (Å²) in [6.07, 6.45) is 2.33. The van der Waals surface area contributed by atoms with E-state index in [1.54, 1.807) is 0 Å². The predicted octanol–water partition coefficient (Wildman–Crippen LogP) is 4.43. The minimum Gasteiger partial charge on any atom is -0.222 e. The monoisotopic (exact) mass is 313 g/mol. The summed E-state index contributed by atoms with van der Waals surface area (Å²) in [6.45, 7) is 7.95. The van der Waals surface area contributed by atoms with Gasteiger partial charge in [-0.3, -0.25) is 0 Å². The number of hydrogen-bond acceptors (Lipinski definition) is 0. The average molecular weight is 313 g/mol. The van der Waals surface area contributed by atoms with Gasteiger partial charge in [-0.15, -0.1) is 0 Å². The lowest BCUT2D eigenvalue weighted by Gasteiger charge is -2.17. The Kier molecular flexibility index (Phi) is 2.17. The molecule has 4 aromatic rings. The van der Waals surface area contributed by atoms with Crippen molar-refractivity contribution in [2.45, 2.75) is 46.1 Å². The fraction of sp³-hybridized carbons (Fsp3) is 0.318. The van der Waals surface area contributed by atoms with Gasteiger partial charge in [0.2, 0.25) is 0 Å². The first-order valence-corrected chi connectivity index (χ1v) is 9.09. The number of pyridine rings is 1. The highest BCUT2D eigenvalue weighted by atomic mass is 15.2. The van der Waals surface area contributed by atoms with E-state index in [0.717, 1.165) is 13.0 Å². The standard InChI is InChI=1S/C22H21N2/c1-12(2)16-9-14-7-8-19-13(3)23-11-15-5-4-6-17-18(10-16)21(14)24(19)22(23)20(15)17/h4-6,9-10,12H,7-8,11H2,1-3H3/q+1. The van der Waals surface area contributed by atoms with Crippen molar-refractivity contribution in [1.82, 2.24) is 4.57 Å². The Labute approximate surface area is 141 Å². The van der Waals surface area contributed by atoms with Crippen molar-refractivity contribution in [2.24, 2.45) is 0 Å². The van der Waals surface area contributed by atoms with E-state index in [-0.39, 0.29) is 0 Å². The van der Waals surface area contributed by atoms with E-state index < -0.39 is 0 Å². The molecule has 2 aromatic heterocycles. The van der Waals surface area contributed by atoms with Gasteiger partial charge in [0.25, 0.3) is 5.65 Å². The van der Waals surface area contributed by atoms with E-state index in [2.05, 4.69) is 60.1 Å². The van der Waals surface area contributed by atoms with Gasteiger partial charge in [0.05, 0.1) is 5.39 Å². The molecule has 24 heavy (non-hydrogen) atoms. The van der Waals surface area contributed by atoms with Gasteiger partial charge in [0.15, 0.2) is 5.69 Å². The van der Waals surface area contributed by atoms with Crippen molar-refractivity contribution < 1.29 is 4.40 Å². The Morgan fingerprint density at radius 1 is 1.04 bits per heavy atom. The molecule has 0 aliphatic carbocycles. The highest BCUT2D eigenvalue weighted by molar-refractivity contribution is 6.12. The third-order valence-electron chi connectivity index (χ3n) is 6.29. The first kappa shape index (κ1) is 13.0. The molecule has 0 radical (unpaired) electrons. The topological polar surface area (TPSA) is 9.03 Å². The summed E-state index contributed by atoms with van der Waals surface area (Å²) in [7, 11) is 0. The number of nitrogens with zero attached hydrogens (tertiary/aromatic N) is 2. The summed E-state index contributed by atoms with van der Waals surface area (Å²) < 4.78 is 5.13. The van der Waals surface area contributed by atoms with Crippen LogP contribution in [0.2, 0.25) is 0 Å². The molecule has 118 valence electrons. The van der Waals surface area contributed by atoms with Crippen LogP contribution in [0, 0.1) is 6.92 Å². The Bertz CT molecular complexity index is 1210. The molecular weight excluding hydrogens is 292 g/mol. The zero-order valence-corrected chi connectivity index (χ0v) is 14.5. The van der Waals surface area contributed by atoms with Crippen molar-refractivity contribution in [3.63, 3.8) is 0 Å². The third-order valence-corrected chi connectivity index (χ3v) is 6.29. The van der Waals surface area contributed by atoms with Crippen LogP contribution in [-0.4, -0.2) is 4.57 Å². The number of imidazole rings is 1. The van der Waals surface area contributed by atoms with Crippen molar-refractivity contribution in [3.05, 3.63) is 58.4 Å². The van der Waals surface area contributed by atoms with Crippen molar-refractivity contribution in [2.75, 3.05) is 0 Å². The van der Waals surface area contributed by atoms with Gasteiger partial charge in [0.1, 0.15) is 17.8 Å². The second-order valence-electron chi connectivity index (χ2n) is 7.85. The van der Waals surface area contributed by atoms with Gasteiger partial charge < -0.3 is 0 Å². The minimum atomic E-state index is 0.572. The first-order valence-electron chi connectivity index (χ1n) is 9.09. The summed E-state index contributed by atoms with van der Waals surface area (Å²) in [5.74, 6) is 0.572. The van der Waals surface area contributed by atoms with Gasteiger partial charge in [-0.2, -0.15) is 4.40 Å². The second kappa shape index (κ2) is 4.00. The van der Waals surface area contributed by atoms with Crippen LogP contribution in [-0.2, 0) is 19.4 Å². The maximum Gasteiger partial charge on any atom is 0.295 e. The summed E-state index contributed by atoms with van der Waals surface area (Å²) >= 11 is 0. The van der Waals surface area contributed by atoms with Crippen LogP contribution in [0.5, 0.6) is 0 Å². The molecule has 0 saturated heterocycles. The van der Waals surface area contributed by atoms with Gasteiger partial charge in [-0.05, 0) is 24.0 Å². The lowest BCUT2D eigenvalue weighted by molar-refractivity contribution is -0.492. The van der Waals surface area contributed by atoms with Gasteiger partial charge in [-0.25, -0.2) is 4.57 Å². The molecule has 0 N–H and O–H groups in total. The maximum absolute atomic E-state index is 2.59. The molecule has 0 unspecified atom stereocenters. The SMILES string of the molecule is Cc1c2[n+]3c4c(cc(C(C)C)cc4c4cccc5c4c3n1C5)CC2. The molecule has 2 aliphatic heterocycles. The molecule has 0 atom stereocenters. The molecule has 0 spiro atoms. The highest BCUT2D eigenvalue weighted by Gasteiger charge is 2.35. The third kappa shape index (κ3) is 1.29. The smallest absolute Gasteiger partial charge is 0.222 e. The van der Waals surface area contributed by atoms with Gasteiger partial charge in [-0.1, -0.05) is 38.1 Å². The molecule has 0 amide bonds. The first-order chi connectivity index (χ1) is 11.6. The Morgan fingerprint density at radius 2 is 1.92 bits per heavy atom. The molecule has 6 rings (SSSR count). The number of rotatable bonds is 1. The number of hydrogen-bond donors (Lipinski definition) is 0. The number of aromatic nitrogens is 2. The molecule has 2 nitrogen and oxygen atoms in total. The zero-order valence-electron chi connectivity index (χ0n) is 14.5. The lowest BCUT2D eigenvalue weighted by Crippen LogP contribution is -2.31. The Morgan fingerprint density at radius 3 is 2.75 bits per heavy atom. The molecule has 2 heteroatoms. The largest absolute Gasteiger partial charge is 0.295 e. The van der Waals surface area contributed by atoms with Gasteiger partial charge in [0, 0.05) is 35.2 Å². The van der Waals surface area contributed by atoms with Crippen molar-refractivity contribution in [3.8, 4) is 0 Å². The second-order valence-corrected chi connectivity index (χ2v) is 7.85. The molecular formula is C22H21N2+. The van der Waals surface area contributed by atoms with E-state index in [1.165, 1.54) is 61.8 Å². The van der Waals surface area contributed by atoms with Crippen molar-refractivity contribution >= 4 is 27.3 Å². The minimum absolute atomic E-state index is 0.572. The molecule has 0 fully saturated rings. The molecule has 2 aromatic carbocycles. The number of fused-ring (bicyclic) bond motifs is 1. The zero-order chi connectivity index (χ0) is 16.2. The fourth-order valence-corrected chi connectivity index (χ4v) is 5.06. The summed E-state index contributed by atoms with van der Waals surface area (Å²) in [4.78, 5) is 0. The fourth-order valence-electron chi connectivity index (χ4n) is 5.06. The van der Waals surface area contributed by atoms with Crippen LogP contribution in [0.1, 0.15) is 47.8 Å². The van der Waals surface area contributed by atoms with E-state index in [4.69, 9.17) is 0 Å². The summed E-state index contributed by atoms with van der Waals surface area (Å²) in [5.41, 5.74) is 10.4. The van der Waals surface area contributed by atoms with E-state index in [0.29, 0.717) is 5.92 Å². The Hall–Kier alpha value is -2.35. The van der Waals surface area contributed by atoms with E-state index in [1.807, 2.05) is 0 Å². The average Bonchev–Trinajstić information content (AvgIpc) is 3.10. The molecule has 0 bridgehead atoms. The number of benzene rings is 2. The lowest BCUT2D eigenvalue weighted by atomic mass is 9.90. The van der Waals surface area contributed by atoms with Crippen LogP contribution < -0.4 is 4.40 Å². The molecule has 2 aliphatic rings. The normalized spacial score (nSPS) is 15.2. The summed E-state index contributed by atoms with van der Waals surface area (Å²) in [5, 5.41) is 4.37. The number of aryl methyl sites for hydroxylation is 2. The van der Waals surface area contributed by atoms with Gasteiger partial charge >= 0.3 is 0 Å². The maximum atomic E-state index is 2.59. The Balaban J connectivity index is 2.00. The predicted molar refractivity (Wildman–Crippen MR) is 97.9 cm³/mol. The van der Waals surface area contributed by atoms with Crippen LogP contribution in [0.25, 0.3) is 27.3 Å². The quantitative estimate of drug-likeness (QED) is 0.320. The molecule has 0 saturated carbocycles. The van der Waals surface area contributed by atoms with Crippen LogP contribution in [0.15, 0.2) is 30.3 Å². The molecule has 4 heterocycles. The van der Waals surface area contributed by atoms with Crippen LogP contribution >= 0.6 is 0 Å². The van der Waals surface area contributed by atoms with Crippen LogP contribution in [0.4, 0.5) is 0 Å². The van der Waals surface area contributed by atoms with E-state index in [9.17, 15) is 0 Å². The van der Waals surface area contributed by atoms with Crippen LogP contribution in [0.3, 0.4) is 0 Å². The summed E-state index contributed by atoms with van der Waals surface area (Å²) in [6, 6.07) is 11.8. The van der Waals surface area contributed by atoms with E-state index >= 15 is 0 Å². The van der Waals surface area contributed by atoms with Crippen molar-refractivity contribution in [1.29, 1.82) is 0 Å².